The largest absolute Gasteiger partial charge is 0.481 e. The Balaban J connectivity index is 2.79. The number of amides is 1. The number of primary amides is 1. The van der Waals surface area contributed by atoms with E-state index in [1.54, 1.807) is 0 Å². The molecule has 1 atom stereocenters. The first kappa shape index (κ1) is 13.9. The van der Waals surface area contributed by atoms with Crippen molar-refractivity contribution in [3.63, 3.8) is 0 Å². The number of carboxylic acid groups (broad SMARTS) is 1. The summed E-state index contributed by atoms with van der Waals surface area (Å²) in [4.78, 5) is 29.8. The highest BCUT2D eigenvalue weighted by Crippen LogP contribution is 2.14. The molecule has 1 amide bonds. The normalized spacial score (nSPS) is 12.2. The van der Waals surface area contributed by atoms with Gasteiger partial charge in [-0.05, 0) is 5.92 Å². The molecule has 1 aromatic rings. The molecule has 7 nitrogen and oxygen atoms in total. The van der Waals surface area contributed by atoms with Gasteiger partial charge in [0.2, 0.25) is 0 Å². The van der Waals surface area contributed by atoms with Crippen LogP contribution >= 0.6 is 0 Å². The number of nitrogens with zero attached hydrogens (tertiary/aromatic N) is 2. The molecule has 0 aliphatic rings. The highest BCUT2D eigenvalue weighted by Gasteiger charge is 2.22. The third-order valence-electron chi connectivity index (χ3n) is 2.54. The van der Waals surface area contributed by atoms with Crippen LogP contribution in [0.25, 0.3) is 0 Å². The van der Waals surface area contributed by atoms with Crippen molar-refractivity contribution in [2.45, 2.75) is 13.8 Å². The first-order chi connectivity index (χ1) is 8.43. The first-order valence-electron chi connectivity index (χ1n) is 5.51. The molecule has 0 saturated heterocycles. The molecule has 0 aliphatic carbocycles. The smallest absolute Gasteiger partial charge is 0.308 e. The zero-order chi connectivity index (χ0) is 13.7. The van der Waals surface area contributed by atoms with Crippen LogP contribution in [0.5, 0.6) is 0 Å². The summed E-state index contributed by atoms with van der Waals surface area (Å²) in [7, 11) is 0. The Morgan fingerprint density at radius 1 is 1.39 bits per heavy atom. The van der Waals surface area contributed by atoms with E-state index in [2.05, 4.69) is 15.3 Å². The molecule has 0 bridgehead atoms. The van der Waals surface area contributed by atoms with Crippen LogP contribution in [0, 0.1) is 11.8 Å². The minimum absolute atomic E-state index is 0.00500. The molecule has 7 heteroatoms. The summed E-state index contributed by atoms with van der Waals surface area (Å²) in [5, 5.41) is 11.8. The van der Waals surface area contributed by atoms with E-state index in [-0.39, 0.29) is 24.0 Å². The van der Waals surface area contributed by atoms with Gasteiger partial charge in [-0.15, -0.1) is 0 Å². The quantitative estimate of drug-likeness (QED) is 0.672. The number of hydrogen-bond acceptors (Lipinski definition) is 5. The van der Waals surface area contributed by atoms with Crippen LogP contribution in [-0.2, 0) is 4.79 Å². The van der Waals surface area contributed by atoms with Crippen molar-refractivity contribution in [3.05, 3.63) is 18.1 Å². The molecule has 1 rings (SSSR count). The number of nitrogens with one attached hydrogen (secondary N) is 1. The number of aromatic nitrogens is 2. The van der Waals surface area contributed by atoms with Gasteiger partial charge in [-0.1, -0.05) is 13.8 Å². The predicted molar refractivity (Wildman–Crippen MR) is 65.0 cm³/mol. The lowest BCUT2D eigenvalue weighted by atomic mass is 9.96. The van der Waals surface area contributed by atoms with E-state index in [4.69, 9.17) is 10.8 Å². The monoisotopic (exact) mass is 252 g/mol. The van der Waals surface area contributed by atoms with E-state index < -0.39 is 17.8 Å². The highest BCUT2D eigenvalue weighted by molar-refractivity contribution is 5.95. The minimum Gasteiger partial charge on any atom is -0.481 e. The zero-order valence-electron chi connectivity index (χ0n) is 10.3. The van der Waals surface area contributed by atoms with Crippen molar-refractivity contribution in [1.82, 2.24) is 9.97 Å². The number of hydrogen-bond donors (Lipinski definition) is 3. The maximum absolute atomic E-state index is 11.1. The molecule has 1 aromatic heterocycles. The molecule has 4 N–H and O–H groups in total. The summed E-state index contributed by atoms with van der Waals surface area (Å²) >= 11 is 0. The zero-order valence-corrected chi connectivity index (χ0v) is 10.3. The first-order valence-corrected chi connectivity index (χ1v) is 5.51. The molecule has 18 heavy (non-hydrogen) atoms. The lowest BCUT2D eigenvalue weighted by molar-refractivity contribution is -0.142. The number of nitrogens with two attached hydrogens (primary N) is 1. The molecular weight excluding hydrogens is 236 g/mol. The molecular formula is C11H16N4O3. The van der Waals surface area contributed by atoms with Crippen molar-refractivity contribution in [2.24, 2.45) is 17.6 Å². The van der Waals surface area contributed by atoms with Crippen LogP contribution in [0.1, 0.15) is 24.3 Å². The fourth-order valence-electron chi connectivity index (χ4n) is 1.46. The average Bonchev–Trinajstić information content (AvgIpc) is 2.28. The van der Waals surface area contributed by atoms with Crippen molar-refractivity contribution in [3.8, 4) is 0 Å². The summed E-state index contributed by atoms with van der Waals surface area (Å²) in [6.07, 6.45) is 2.75. The molecule has 0 saturated carbocycles. The van der Waals surface area contributed by atoms with Crippen LogP contribution in [-0.4, -0.2) is 33.5 Å². The maximum atomic E-state index is 11.1. The number of carboxylic acids is 1. The van der Waals surface area contributed by atoms with E-state index in [1.165, 1.54) is 12.4 Å². The van der Waals surface area contributed by atoms with Crippen LogP contribution in [0.15, 0.2) is 12.4 Å². The number of carbonyl (C=O) groups is 2. The fourth-order valence-corrected chi connectivity index (χ4v) is 1.46. The lowest BCUT2D eigenvalue weighted by Gasteiger charge is -2.17. The minimum atomic E-state index is -0.901. The van der Waals surface area contributed by atoms with Crippen molar-refractivity contribution < 1.29 is 14.7 Å². The van der Waals surface area contributed by atoms with Crippen LogP contribution in [0.3, 0.4) is 0 Å². The van der Waals surface area contributed by atoms with Crippen LogP contribution < -0.4 is 11.1 Å². The molecule has 1 unspecified atom stereocenters. The van der Waals surface area contributed by atoms with Gasteiger partial charge >= 0.3 is 5.97 Å². The Kier molecular flexibility index (Phi) is 4.59. The summed E-state index contributed by atoms with van der Waals surface area (Å²) in [5.74, 6) is -2.02. The van der Waals surface area contributed by atoms with Gasteiger partial charge in [0.1, 0.15) is 0 Å². The Bertz CT molecular complexity index is 448. The van der Waals surface area contributed by atoms with Crippen molar-refractivity contribution >= 4 is 17.7 Å². The number of carbonyl (C=O) groups excluding carboxylic acids is 1. The maximum Gasteiger partial charge on any atom is 0.308 e. The molecule has 0 radical (unpaired) electrons. The number of rotatable bonds is 6. The SMILES string of the molecule is CC(C)C(CNc1nccnc1C(N)=O)C(=O)O. The summed E-state index contributed by atoms with van der Waals surface area (Å²) in [6, 6.07) is 0. The van der Waals surface area contributed by atoms with Gasteiger partial charge in [0.05, 0.1) is 5.92 Å². The topological polar surface area (TPSA) is 118 Å². The highest BCUT2D eigenvalue weighted by atomic mass is 16.4. The third kappa shape index (κ3) is 3.41. The van der Waals surface area contributed by atoms with E-state index in [9.17, 15) is 9.59 Å². The third-order valence-corrected chi connectivity index (χ3v) is 2.54. The van der Waals surface area contributed by atoms with Gasteiger partial charge in [0.15, 0.2) is 11.5 Å². The van der Waals surface area contributed by atoms with E-state index in [0.717, 1.165) is 0 Å². The van der Waals surface area contributed by atoms with E-state index in [1.807, 2.05) is 13.8 Å². The molecule has 1 heterocycles. The summed E-state index contributed by atoms with van der Waals surface area (Å²) < 4.78 is 0. The molecule has 98 valence electrons. The van der Waals surface area contributed by atoms with Gasteiger partial charge in [-0.2, -0.15) is 0 Å². The summed E-state index contributed by atoms with van der Waals surface area (Å²) in [5.41, 5.74) is 5.15. The Hall–Kier alpha value is -2.18. The van der Waals surface area contributed by atoms with E-state index in [0.29, 0.717) is 0 Å². The molecule has 0 aliphatic heterocycles. The standard InChI is InChI=1S/C11H16N4O3/c1-6(2)7(11(17)18)5-15-10-8(9(12)16)13-3-4-14-10/h3-4,6-7H,5H2,1-2H3,(H2,12,16)(H,14,15)(H,17,18). The van der Waals surface area contributed by atoms with Gasteiger partial charge in [0.25, 0.3) is 5.91 Å². The van der Waals surface area contributed by atoms with Crippen LogP contribution in [0.4, 0.5) is 5.82 Å². The number of aliphatic carboxylic acids is 1. The Morgan fingerprint density at radius 3 is 2.50 bits per heavy atom. The van der Waals surface area contributed by atoms with Crippen LogP contribution in [0.2, 0.25) is 0 Å². The molecule has 0 spiro atoms. The predicted octanol–water partition coefficient (Wildman–Crippen LogP) is 0.344. The van der Waals surface area contributed by atoms with Gasteiger partial charge in [-0.3, -0.25) is 9.59 Å². The molecule has 0 aromatic carbocycles. The second-order valence-electron chi connectivity index (χ2n) is 4.19. The average molecular weight is 252 g/mol. The van der Waals surface area contributed by atoms with Crippen molar-refractivity contribution in [2.75, 3.05) is 11.9 Å². The van der Waals surface area contributed by atoms with Gasteiger partial charge in [-0.25, -0.2) is 9.97 Å². The fraction of sp³-hybridized carbons (Fsp3) is 0.455. The van der Waals surface area contributed by atoms with Gasteiger partial charge in [0, 0.05) is 18.9 Å². The number of anilines is 1. The Morgan fingerprint density at radius 2 is 2.00 bits per heavy atom. The lowest BCUT2D eigenvalue weighted by Crippen LogP contribution is -2.29. The molecule has 0 fully saturated rings. The second-order valence-corrected chi connectivity index (χ2v) is 4.19. The van der Waals surface area contributed by atoms with Gasteiger partial charge < -0.3 is 16.2 Å². The van der Waals surface area contributed by atoms with Crippen molar-refractivity contribution in [1.29, 1.82) is 0 Å². The van der Waals surface area contributed by atoms with E-state index >= 15 is 0 Å². The second kappa shape index (κ2) is 5.95. The Labute approximate surface area is 104 Å². The summed E-state index contributed by atoms with van der Waals surface area (Å²) in [6.45, 7) is 3.78.